The summed E-state index contributed by atoms with van der Waals surface area (Å²) in [6.45, 7) is 15.1. The summed E-state index contributed by atoms with van der Waals surface area (Å²) in [7, 11) is 1.67. The maximum atomic E-state index is 13.9. The van der Waals surface area contributed by atoms with E-state index in [0.29, 0.717) is 32.3 Å². The molecule has 35 heavy (non-hydrogen) atoms. The lowest BCUT2D eigenvalue weighted by molar-refractivity contribution is -0.229. The molecular weight excluding hydrogens is 443 g/mol. The molecule has 0 aromatic carbocycles. The molecule has 0 radical (unpaired) electrons. The van der Waals surface area contributed by atoms with Crippen molar-refractivity contribution in [3.8, 4) is 0 Å². The third-order valence-corrected chi connectivity index (χ3v) is 8.88. The predicted octanol–water partition coefficient (Wildman–Crippen LogP) is 7.43. The smallest absolute Gasteiger partial charge is 0.117 e. The second-order valence-corrected chi connectivity index (χ2v) is 13.1. The van der Waals surface area contributed by atoms with Crippen LogP contribution in [-0.2, 0) is 14.2 Å². The number of ether oxygens (including phenoxy) is 3. The number of hydrogen-bond donors (Lipinski definition) is 1. The third kappa shape index (κ3) is 6.40. The van der Waals surface area contributed by atoms with Gasteiger partial charge in [-0.1, -0.05) is 19.9 Å². The van der Waals surface area contributed by atoms with Crippen molar-refractivity contribution in [1.29, 1.82) is 0 Å². The minimum absolute atomic E-state index is 0.0498. The van der Waals surface area contributed by atoms with Crippen LogP contribution in [0.15, 0.2) is 35.9 Å². The lowest BCUT2D eigenvalue weighted by Crippen LogP contribution is -2.56. The zero-order valence-corrected chi connectivity index (χ0v) is 23.4. The topological polar surface area (TPSA) is 47.9 Å². The zero-order chi connectivity index (χ0) is 26.1. The fourth-order valence-corrected chi connectivity index (χ4v) is 6.35. The molecule has 1 unspecified atom stereocenters. The van der Waals surface area contributed by atoms with Crippen molar-refractivity contribution in [1.82, 2.24) is 0 Å². The molecule has 3 rings (SSSR count). The molecule has 0 aromatic heterocycles. The first-order chi connectivity index (χ1) is 16.1. The largest absolute Gasteiger partial charge is 0.491 e. The summed E-state index contributed by atoms with van der Waals surface area (Å²) in [6, 6.07) is 0. The molecule has 200 valence electrons. The minimum Gasteiger partial charge on any atom is -0.491 e. The maximum Gasteiger partial charge on any atom is 0.117 e. The van der Waals surface area contributed by atoms with Crippen LogP contribution in [0.25, 0.3) is 0 Å². The van der Waals surface area contributed by atoms with Gasteiger partial charge in [-0.2, -0.15) is 0 Å². The van der Waals surface area contributed by atoms with Crippen LogP contribution in [0, 0.1) is 16.7 Å². The average molecular weight is 493 g/mol. The van der Waals surface area contributed by atoms with Gasteiger partial charge in [0.2, 0.25) is 0 Å². The molecule has 1 saturated carbocycles. The molecule has 4 atom stereocenters. The number of aliphatic hydroxyl groups is 1. The number of methoxy groups -OCH3 is 1. The minimum atomic E-state index is -1.05. The van der Waals surface area contributed by atoms with E-state index in [1.165, 1.54) is 0 Å². The van der Waals surface area contributed by atoms with Crippen molar-refractivity contribution in [2.24, 2.45) is 16.7 Å². The molecule has 0 heterocycles. The first kappa shape index (κ1) is 28.4. The van der Waals surface area contributed by atoms with Crippen molar-refractivity contribution < 1.29 is 23.7 Å². The van der Waals surface area contributed by atoms with Crippen LogP contribution in [0.2, 0.25) is 0 Å². The summed E-state index contributed by atoms with van der Waals surface area (Å²) in [6.07, 6.45) is 14.4. The SMILES string of the molecule is COCC(C)(C)OC(C)(C)C(C)(O)C[C@]12C[C@H]1C(O[C@@H]1C=CCC=C(F)CC1)=CCCCC2(C)C. The van der Waals surface area contributed by atoms with Gasteiger partial charge >= 0.3 is 0 Å². The molecule has 1 fully saturated rings. The van der Waals surface area contributed by atoms with Gasteiger partial charge in [0.25, 0.3) is 0 Å². The fourth-order valence-electron chi connectivity index (χ4n) is 6.35. The van der Waals surface area contributed by atoms with E-state index in [1.54, 1.807) is 13.2 Å². The highest BCUT2D eigenvalue weighted by molar-refractivity contribution is 5.25. The number of rotatable bonds is 9. The highest BCUT2D eigenvalue weighted by Crippen LogP contribution is 2.72. The second-order valence-electron chi connectivity index (χ2n) is 13.1. The summed E-state index contributed by atoms with van der Waals surface area (Å²) in [5, 5.41) is 11.9. The van der Waals surface area contributed by atoms with Crippen molar-refractivity contribution in [2.45, 2.75) is 123 Å². The van der Waals surface area contributed by atoms with E-state index in [1.807, 2.05) is 40.7 Å². The second kappa shape index (κ2) is 10.3. The van der Waals surface area contributed by atoms with Crippen molar-refractivity contribution >= 4 is 0 Å². The van der Waals surface area contributed by atoms with E-state index in [0.717, 1.165) is 31.4 Å². The van der Waals surface area contributed by atoms with Gasteiger partial charge in [0.05, 0.1) is 35.0 Å². The Bertz CT molecular complexity index is 835. The van der Waals surface area contributed by atoms with Gasteiger partial charge < -0.3 is 19.3 Å². The van der Waals surface area contributed by atoms with Gasteiger partial charge in [-0.15, -0.1) is 0 Å². The Morgan fingerprint density at radius 3 is 2.54 bits per heavy atom. The highest BCUT2D eigenvalue weighted by atomic mass is 19.1. The van der Waals surface area contributed by atoms with Crippen molar-refractivity contribution in [2.75, 3.05) is 13.7 Å². The summed E-state index contributed by atoms with van der Waals surface area (Å²) in [5.74, 6) is 1.24. The molecule has 4 nitrogen and oxygen atoms in total. The lowest BCUT2D eigenvalue weighted by atomic mass is 9.63. The predicted molar refractivity (Wildman–Crippen MR) is 140 cm³/mol. The molecule has 0 aromatic rings. The number of halogens is 1. The van der Waals surface area contributed by atoms with E-state index in [9.17, 15) is 9.50 Å². The maximum absolute atomic E-state index is 13.9. The normalized spacial score (nSPS) is 31.0. The standard InChI is InChI=1S/C30H49FO4/c1-26(2)18-12-11-15-25(34-23-14-10-9-13-22(31)16-17-23)24-19-30(24,26)20-29(7,32)28(5,6)35-27(3,4)21-33-8/h10,13-15,23-24,32H,9,11-12,16-21H2,1-8H3/t23-,24+,29?,30-/m1/s1. The van der Waals surface area contributed by atoms with Gasteiger partial charge in [0.15, 0.2) is 0 Å². The highest BCUT2D eigenvalue weighted by Gasteiger charge is 2.67. The van der Waals surface area contributed by atoms with E-state index in [-0.39, 0.29) is 28.7 Å². The Labute approximate surface area is 213 Å². The Hall–Kier alpha value is -1.17. The first-order valence-electron chi connectivity index (χ1n) is 13.4. The zero-order valence-electron chi connectivity index (χ0n) is 23.4. The van der Waals surface area contributed by atoms with Gasteiger partial charge in [0, 0.05) is 19.4 Å². The van der Waals surface area contributed by atoms with Crippen LogP contribution in [0.4, 0.5) is 4.39 Å². The van der Waals surface area contributed by atoms with Crippen LogP contribution in [0.1, 0.15) is 99.8 Å². The van der Waals surface area contributed by atoms with Crippen LogP contribution in [0.5, 0.6) is 0 Å². The molecule has 0 amide bonds. The summed E-state index contributed by atoms with van der Waals surface area (Å²) >= 11 is 0. The van der Waals surface area contributed by atoms with Gasteiger partial charge in [-0.3, -0.25) is 0 Å². The van der Waals surface area contributed by atoms with E-state index < -0.39 is 16.8 Å². The van der Waals surface area contributed by atoms with Gasteiger partial charge in [-0.05, 0) is 109 Å². The van der Waals surface area contributed by atoms with E-state index in [2.05, 4.69) is 26.0 Å². The molecule has 0 bridgehead atoms. The molecule has 1 N–H and O–H groups in total. The Morgan fingerprint density at radius 1 is 1.14 bits per heavy atom. The van der Waals surface area contributed by atoms with E-state index >= 15 is 0 Å². The van der Waals surface area contributed by atoms with Gasteiger partial charge in [-0.25, -0.2) is 4.39 Å². The van der Waals surface area contributed by atoms with Crippen LogP contribution >= 0.6 is 0 Å². The molecule has 0 spiro atoms. The average Bonchev–Trinajstić information content (AvgIpc) is 3.42. The summed E-state index contributed by atoms with van der Waals surface area (Å²) in [5.41, 5.74) is -2.37. The number of hydrogen-bond acceptors (Lipinski definition) is 4. The molecule has 3 aliphatic carbocycles. The lowest BCUT2D eigenvalue weighted by Gasteiger charge is -2.49. The fraction of sp³-hybridized carbons (Fsp3) is 0.800. The van der Waals surface area contributed by atoms with E-state index in [4.69, 9.17) is 14.2 Å². The monoisotopic (exact) mass is 492 g/mol. The van der Waals surface area contributed by atoms with Crippen LogP contribution in [-0.4, -0.2) is 41.7 Å². The molecule has 0 saturated heterocycles. The molecule has 0 aliphatic heterocycles. The number of allylic oxidation sites excluding steroid dienone is 5. The number of fused-ring (bicyclic) bond motifs is 1. The Balaban J connectivity index is 1.83. The molecular formula is C30H49FO4. The first-order valence-corrected chi connectivity index (χ1v) is 13.4. The quantitative estimate of drug-likeness (QED) is 0.340. The summed E-state index contributed by atoms with van der Waals surface area (Å²) < 4.78 is 32.3. The van der Waals surface area contributed by atoms with Crippen molar-refractivity contribution in [3.05, 3.63) is 35.9 Å². The Kier molecular flexibility index (Phi) is 8.36. The van der Waals surface area contributed by atoms with Crippen molar-refractivity contribution in [3.63, 3.8) is 0 Å². The van der Waals surface area contributed by atoms with Crippen LogP contribution in [0.3, 0.4) is 0 Å². The van der Waals surface area contributed by atoms with Gasteiger partial charge in [0.1, 0.15) is 6.10 Å². The molecule has 5 heteroatoms. The Morgan fingerprint density at radius 2 is 1.86 bits per heavy atom. The third-order valence-electron chi connectivity index (χ3n) is 8.88. The summed E-state index contributed by atoms with van der Waals surface area (Å²) in [4.78, 5) is 0. The molecule has 3 aliphatic rings. The van der Waals surface area contributed by atoms with Crippen LogP contribution < -0.4 is 0 Å².